The van der Waals surface area contributed by atoms with Gasteiger partial charge in [-0.2, -0.15) is 5.26 Å². The molecular formula is C8H4ClF3N2. The molecule has 0 aliphatic rings. The zero-order valence-electron chi connectivity index (χ0n) is 6.77. The highest BCUT2D eigenvalue weighted by atomic mass is 35.5. The van der Waals surface area contributed by atoms with Crippen LogP contribution in [0.1, 0.15) is 23.2 Å². The first-order chi connectivity index (χ1) is 6.61. The Bertz CT molecular complexity index is 387. The summed E-state index contributed by atoms with van der Waals surface area (Å²) in [5, 5.41) is 8.41. The van der Waals surface area contributed by atoms with Gasteiger partial charge in [-0.1, -0.05) is 0 Å². The number of alkyl halides is 3. The quantitative estimate of drug-likeness (QED) is 0.719. The molecule has 1 heterocycles. The second kappa shape index (κ2) is 4.29. The lowest BCUT2D eigenvalue weighted by Gasteiger charge is -2.06. The Morgan fingerprint density at radius 1 is 1.57 bits per heavy atom. The van der Waals surface area contributed by atoms with Gasteiger partial charge < -0.3 is 0 Å². The van der Waals surface area contributed by atoms with Gasteiger partial charge in [-0.3, -0.25) is 4.98 Å². The first-order valence-electron chi connectivity index (χ1n) is 3.53. The van der Waals surface area contributed by atoms with Gasteiger partial charge in [0.2, 0.25) is 0 Å². The van der Waals surface area contributed by atoms with Crippen molar-refractivity contribution < 1.29 is 13.2 Å². The molecule has 0 unspecified atom stereocenters. The minimum atomic E-state index is -2.90. The highest BCUT2D eigenvalue weighted by Crippen LogP contribution is 2.25. The molecule has 0 radical (unpaired) electrons. The maximum absolute atomic E-state index is 13.2. The molecule has 0 bridgehead atoms. The third-order valence-corrected chi connectivity index (χ3v) is 1.87. The molecule has 1 aromatic heterocycles. The number of rotatable bonds is 2. The summed E-state index contributed by atoms with van der Waals surface area (Å²) in [6.45, 7) is 0. The molecule has 1 aromatic rings. The molecule has 0 aliphatic heterocycles. The summed E-state index contributed by atoms with van der Waals surface area (Å²) < 4.78 is 37.7. The van der Waals surface area contributed by atoms with Gasteiger partial charge >= 0.3 is 0 Å². The topological polar surface area (TPSA) is 36.7 Å². The van der Waals surface area contributed by atoms with Crippen molar-refractivity contribution in [3.63, 3.8) is 0 Å². The lowest BCUT2D eigenvalue weighted by molar-refractivity contribution is 0.144. The van der Waals surface area contributed by atoms with E-state index in [0.717, 1.165) is 6.20 Å². The Balaban J connectivity index is 3.38. The summed E-state index contributed by atoms with van der Waals surface area (Å²) >= 11 is 5.29. The van der Waals surface area contributed by atoms with E-state index in [0.29, 0.717) is 0 Å². The predicted molar refractivity (Wildman–Crippen MR) is 43.4 cm³/mol. The van der Waals surface area contributed by atoms with Crippen molar-refractivity contribution in [2.75, 3.05) is 0 Å². The highest BCUT2D eigenvalue weighted by Gasteiger charge is 2.20. The smallest absolute Gasteiger partial charge is 0.253 e. The Labute approximate surface area is 82.9 Å². The van der Waals surface area contributed by atoms with E-state index in [9.17, 15) is 13.2 Å². The zero-order valence-corrected chi connectivity index (χ0v) is 7.52. The third-order valence-electron chi connectivity index (χ3n) is 1.60. The molecule has 2 nitrogen and oxygen atoms in total. The maximum Gasteiger partial charge on any atom is 0.280 e. The van der Waals surface area contributed by atoms with Crippen LogP contribution < -0.4 is 0 Å². The molecule has 0 fully saturated rings. The van der Waals surface area contributed by atoms with Crippen molar-refractivity contribution in [2.45, 2.75) is 12.3 Å². The number of hydrogen-bond acceptors (Lipinski definition) is 2. The van der Waals surface area contributed by atoms with Crippen LogP contribution in [0.5, 0.6) is 0 Å². The summed E-state index contributed by atoms with van der Waals surface area (Å²) in [5.41, 5.74) is -1.51. The minimum absolute atomic E-state index is 0.384. The fourth-order valence-electron chi connectivity index (χ4n) is 0.937. The van der Waals surface area contributed by atoms with E-state index >= 15 is 0 Å². The lowest BCUT2D eigenvalue weighted by Crippen LogP contribution is -2.02. The second-order valence-electron chi connectivity index (χ2n) is 2.40. The van der Waals surface area contributed by atoms with Crippen LogP contribution in [-0.4, -0.2) is 4.98 Å². The van der Waals surface area contributed by atoms with Crippen LogP contribution in [-0.2, 0) is 5.88 Å². The van der Waals surface area contributed by atoms with Gasteiger partial charge in [0.25, 0.3) is 6.43 Å². The molecule has 0 amide bonds. The maximum atomic E-state index is 13.2. The van der Waals surface area contributed by atoms with Crippen LogP contribution in [0.25, 0.3) is 0 Å². The minimum Gasteiger partial charge on any atom is -0.253 e. The third kappa shape index (κ3) is 1.80. The van der Waals surface area contributed by atoms with Crippen LogP contribution in [0.2, 0.25) is 0 Å². The van der Waals surface area contributed by atoms with E-state index in [1.165, 1.54) is 6.07 Å². The Hall–Kier alpha value is -1.28. The number of halogens is 4. The van der Waals surface area contributed by atoms with Gasteiger partial charge in [0.1, 0.15) is 23.1 Å². The molecule has 0 atom stereocenters. The van der Waals surface area contributed by atoms with E-state index in [-0.39, 0.29) is 5.56 Å². The molecule has 0 spiro atoms. The number of aromatic nitrogens is 1. The predicted octanol–water partition coefficient (Wildman–Crippen LogP) is 2.77. The first-order valence-corrected chi connectivity index (χ1v) is 4.06. The van der Waals surface area contributed by atoms with Gasteiger partial charge in [0, 0.05) is 11.8 Å². The normalized spacial score (nSPS) is 10.3. The second-order valence-corrected chi connectivity index (χ2v) is 2.66. The fourth-order valence-corrected chi connectivity index (χ4v) is 1.19. The monoisotopic (exact) mass is 220 g/mol. The number of pyridine rings is 1. The molecule has 0 aromatic carbocycles. The Morgan fingerprint density at radius 2 is 2.21 bits per heavy atom. The van der Waals surface area contributed by atoms with Gasteiger partial charge in [-0.25, -0.2) is 13.2 Å². The van der Waals surface area contributed by atoms with Crippen molar-refractivity contribution in [1.29, 1.82) is 5.26 Å². The number of hydrogen-bond donors (Lipinski definition) is 0. The molecule has 74 valence electrons. The first kappa shape index (κ1) is 10.8. The van der Waals surface area contributed by atoms with Crippen LogP contribution >= 0.6 is 11.6 Å². The van der Waals surface area contributed by atoms with Crippen molar-refractivity contribution in [2.24, 2.45) is 0 Å². The molecule has 1 rings (SSSR count). The molecule has 0 saturated carbocycles. The van der Waals surface area contributed by atoms with E-state index < -0.39 is 29.4 Å². The van der Waals surface area contributed by atoms with Gasteiger partial charge in [0.15, 0.2) is 0 Å². The molecule has 0 N–H and O–H groups in total. The van der Waals surface area contributed by atoms with Crippen LogP contribution in [0.15, 0.2) is 6.20 Å². The van der Waals surface area contributed by atoms with E-state index in [2.05, 4.69) is 4.98 Å². The summed E-state index contributed by atoms with van der Waals surface area (Å²) in [5.74, 6) is -1.46. The van der Waals surface area contributed by atoms with Crippen molar-refractivity contribution in [1.82, 2.24) is 4.98 Å². The summed E-state index contributed by atoms with van der Waals surface area (Å²) in [4.78, 5) is 3.28. The average molecular weight is 221 g/mol. The molecule has 6 heteroatoms. The number of nitrogens with zero attached hydrogens (tertiary/aromatic N) is 2. The summed E-state index contributed by atoms with van der Waals surface area (Å²) in [6.07, 6.45) is -2.13. The Kier molecular flexibility index (Phi) is 3.31. The van der Waals surface area contributed by atoms with Crippen molar-refractivity contribution >= 4 is 11.6 Å². The standard InChI is InChI=1S/C8H4ClF3N2/c9-1-5-6(10)4(2-13)3-14-7(5)8(11)12/h3,8H,1H2. The SMILES string of the molecule is N#Cc1cnc(C(F)F)c(CCl)c1F. The van der Waals surface area contributed by atoms with Gasteiger partial charge in [-0.15, -0.1) is 11.6 Å². The van der Waals surface area contributed by atoms with Gasteiger partial charge in [0.05, 0.1) is 5.88 Å². The largest absolute Gasteiger partial charge is 0.280 e. The lowest BCUT2D eigenvalue weighted by atomic mass is 10.1. The van der Waals surface area contributed by atoms with Gasteiger partial charge in [-0.05, 0) is 0 Å². The molecule has 0 aliphatic carbocycles. The summed E-state index contributed by atoms with van der Waals surface area (Å²) in [6, 6.07) is 1.50. The number of nitriles is 1. The van der Waals surface area contributed by atoms with Crippen LogP contribution in [0.4, 0.5) is 13.2 Å². The average Bonchev–Trinajstić information content (AvgIpc) is 2.17. The van der Waals surface area contributed by atoms with E-state index in [1.807, 2.05) is 0 Å². The van der Waals surface area contributed by atoms with Crippen molar-refractivity contribution in [3.05, 3.63) is 28.8 Å². The van der Waals surface area contributed by atoms with Crippen LogP contribution in [0, 0.1) is 17.1 Å². The van der Waals surface area contributed by atoms with E-state index in [1.54, 1.807) is 0 Å². The van der Waals surface area contributed by atoms with E-state index in [4.69, 9.17) is 16.9 Å². The van der Waals surface area contributed by atoms with Crippen LogP contribution in [0.3, 0.4) is 0 Å². The Morgan fingerprint density at radius 3 is 2.64 bits per heavy atom. The molecular weight excluding hydrogens is 217 g/mol. The summed E-state index contributed by atoms with van der Waals surface area (Å²) in [7, 11) is 0. The molecule has 14 heavy (non-hydrogen) atoms. The molecule has 0 saturated heterocycles. The fraction of sp³-hybridized carbons (Fsp3) is 0.250. The highest BCUT2D eigenvalue weighted by molar-refractivity contribution is 6.17. The zero-order chi connectivity index (χ0) is 10.7. The van der Waals surface area contributed by atoms with Crippen molar-refractivity contribution in [3.8, 4) is 6.07 Å².